The van der Waals surface area contributed by atoms with Gasteiger partial charge in [-0.2, -0.15) is 0 Å². The molecule has 5 nitrogen and oxygen atoms in total. The zero-order chi connectivity index (χ0) is 14.9. The van der Waals surface area contributed by atoms with Gasteiger partial charge in [-0.25, -0.2) is 9.97 Å². The standard InChI is InChI=1S/C16H18N4OS/c21-15(14-3-1-8-22-14)20-9-12-4-7-19(10-13(12)11-20)16-17-5-2-6-18-16/h1-3,5-6,8,12-13H,4,7,9-11H2/t12-,13+/m1/s1. The Kier molecular flexibility index (Phi) is 3.54. The third kappa shape index (κ3) is 2.47. The van der Waals surface area contributed by atoms with Gasteiger partial charge in [0.1, 0.15) is 0 Å². The molecule has 0 unspecified atom stereocenters. The van der Waals surface area contributed by atoms with E-state index in [1.165, 1.54) is 11.3 Å². The second kappa shape index (κ2) is 5.68. The number of carbonyl (C=O) groups excluding carboxylic acids is 1. The van der Waals surface area contributed by atoms with Crippen LogP contribution in [0.2, 0.25) is 0 Å². The molecule has 0 aromatic carbocycles. The summed E-state index contributed by atoms with van der Waals surface area (Å²) in [6.07, 6.45) is 4.68. The highest BCUT2D eigenvalue weighted by Crippen LogP contribution is 2.33. The van der Waals surface area contributed by atoms with Crippen LogP contribution in [-0.4, -0.2) is 47.0 Å². The number of fused-ring (bicyclic) bond motifs is 1. The summed E-state index contributed by atoms with van der Waals surface area (Å²) < 4.78 is 0. The van der Waals surface area contributed by atoms with Crippen LogP contribution in [0.1, 0.15) is 16.1 Å². The van der Waals surface area contributed by atoms with Gasteiger partial charge in [0.2, 0.25) is 5.95 Å². The van der Waals surface area contributed by atoms with E-state index in [0.29, 0.717) is 11.8 Å². The van der Waals surface area contributed by atoms with Gasteiger partial charge in [0.05, 0.1) is 4.88 Å². The highest BCUT2D eigenvalue weighted by molar-refractivity contribution is 7.12. The third-order valence-electron chi connectivity index (χ3n) is 4.66. The lowest BCUT2D eigenvalue weighted by atomic mass is 9.89. The van der Waals surface area contributed by atoms with E-state index < -0.39 is 0 Å². The first-order valence-corrected chi connectivity index (χ1v) is 8.54. The van der Waals surface area contributed by atoms with Crippen molar-refractivity contribution in [2.24, 2.45) is 11.8 Å². The van der Waals surface area contributed by atoms with Gasteiger partial charge in [-0.1, -0.05) is 6.07 Å². The molecule has 0 bridgehead atoms. The summed E-state index contributed by atoms with van der Waals surface area (Å²) in [4.78, 5) is 26.3. The molecule has 0 N–H and O–H groups in total. The molecule has 0 aliphatic carbocycles. The monoisotopic (exact) mass is 314 g/mol. The van der Waals surface area contributed by atoms with Crippen LogP contribution >= 0.6 is 11.3 Å². The molecule has 2 aliphatic rings. The highest BCUT2D eigenvalue weighted by Gasteiger charge is 2.39. The number of amides is 1. The van der Waals surface area contributed by atoms with Crippen LogP contribution in [0.25, 0.3) is 0 Å². The predicted octanol–water partition coefficient (Wildman–Crippen LogP) is 2.14. The number of hydrogen-bond acceptors (Lipinski definition) is 5. The van der Waals surface area contributed by atoms with E-state index in [-0.39, 0.29) is 5.91 Å². The molecule has 0 spiro atoms. The van der Waals surface area contributed by atoms with Crippen molar-refractivity contribution in [3.05, 3.63) is 40.8 Å². The minimum absolute atomic E-state index is 0.187. The van der Waals surface area contributed by atoms with Crippen molar-refractivity contribution in [3.63, 3.8) is 0 Å². The van der Waals surface area contributed by atoms with Crippen molar-refractivity contribution in [2.45, 2.75) is 6.42 Å². The number of hydrogen-bond donors (Lipinski definition) is 0. The zero-order valence-corrected chi connectivity index (χ0v) is 13.1. The normalized spacial score (nSPS) is 24.4. The Morgan fingerprint density at radius 1 is 1.14 bits per heavy atom. The molecule has 4 heterocycles. The predicted molar refractivity (Wildman–Crippen MR) is 86.1 cm³/mol. The lowest BCUT2D eigenvalue weighted by Gasteiger charge is -2.34. The maximum absolute atomic E-state index is 12.5. The second-order valence-electron chi connectivity index (χ2n) is 5.99. The smallest absolute Gasteiger partial charge is 0.263 e. The van der Waals surface area contributed by atoms with Crippen LogP contribution in [0.4, 0.5) is 5.95 Å². The highest BCUT2D eigenvalue weighted by atomic mass is 32.1. The summed E-state index contributed by atoms with van der Waals surface area (Å²) in [7, 11) is 0. The van der Waals surface area contributed by atoms with Gasteiger partial charge < -0.3 is 9.80 Å². The average molecular weight is 314 g/mol. The maximum Gasteiger partial charge on any atom is 0.263 e. The molecule has 0 saturated carbocycles. The van der Waals surface area contributed by atoms with Gasteiger partial charge in [-0.05, 0) is 35.8 Å². The van der Waals surface area contributed by atoms with Crippen molar-refractivity contribution in [1.82, 2.24) is 14.9 Å². The van der Waals surface area contributed by atoms with Gasteiger partial charge in [-0.15, -0.1) is 11.3 Å². The van der Waals surface area contributed by atoms with Gasteiger partial charge in [0, 0.05) is 38.6 Å². The van der Waals surface area contributed by atoms with Crippen molar-refractivity contribution >= 4 is 23.2 Å². The fourth-order valence-corrected chi connectivity index (χ4v) is 4.22. The molecule has 2 aromatic heterocycles. The van der Waals surface area contributed by atoms with E-state index in [1.54, 1.807) is 12.4 Å². The SMILES string of the molecule is O=C(c1cccs1)N1C[C@H]2CCN(c3ncccn3)C[C@H]2C1. The van der Waals surface area contributed by atoms with Gasteiger partial charge in [0.15, 0.2) is 0 Å². The quantitative estimate of drug-likeness (QED) is 0.852. The number of anilines is 1. The van der Waals surface area contributed by atoms with Gasteiger partial charge in [-0.3, -0.25) is 4.79 Å². The Morgan fingerprint density at radius 2 is 1.95 bits per heavy atom. The summed E-state index contributed by atoms with van der Waals surface area (Å²) in [6, 6.07) is 5.70. The molecule has 22 heavy (non-hydrogen) atoms. The van der Waals surface area contributed by atoms with E-state index in [1.807, 2.05) is 28.5 Å². The number of carbonyl (C=O) groups is 1. The minimum atomic E-state index is 0.187. The Hall–Kier alpha value is -1.95. The van der Waals surface area contributed by atoms with Gasteiger partial charge in [0.25, 0.3) is 5.91 Å². The molecule has 2 fully saturated rings. The van der Waals surface area contributed by atoms with Crippen LogP contribution in [-0.2, 0) is 0 Å². The topological polar surface area (TPSA) is 49.3 Å². The molecule has 4 rings (SSSR count). The van der Waals surface area contributed by atoms with Crippen LogP contribution in [0.3, 0.4) is 0 Å². The first kappa shape index (κ1) is 13.7. The van der Waals surface area contributed by atoms with Crippen LogP contribution in [0.15, 0.2) is 36.0 Å². The van der Waals surface area contributed by atoms with Crippen molar-refractivity contribution in [2.75, 3.05) is 31.1 Å². The fourth-order valence-electron chi connectivity index (χ4n) is 3.53. The first-order chi connectivity index (χ1) is 10.8. The molecule has 2 aromatic rings. The van der Waals surface area contributed by atoms with E-state index in [0.717, 1.165) is 43.4 Å². The summed E-state index contributed by atoms with van der Waals surface area (Å²) in [5.41, 5.74) is 0. The molecule has 0 radical (unpaired) electrons. The van der Waals surface area contributed by atoms with E-state index in [4.69, 9.17) is 0 Å². The third-order valence-corrected chi connectivity index (χ3v) is 5.51. The first-order valence-electron chi connectivity index (χ1n) is 7.66. The van der Waals surface area contributed by atoms with Crippen molar-refractivity contribution in [3.8, 4) is 0 Å². The second-order valence-corrected chi connectivity index (χ2v) is 6.94. The number of likely N-dealkylation sites (tertiary alicyclic amines) is 1. The molecule has 2 aliphatic heterocycles. The molecular formula is C16H18N4OS. The summed E-state index contributed by atoms with van der Waals surface area (Å²) >= 11 is 1.53. The van der Waals surface area contributed by atoms with E-state index in [9.17, 15) is 4.79 Å². The van der Waals surface area contributed by atoms with E-state index in [2.05, 4.69) is 14.9 Å². The van der Waals surface area contributed by atoms with Gasteiger partial charge >= 0.3 is 0 Å². The van der Waals surface area contributed by atoms with Crippen molar-refractivity contribution < 1.29 is 4.79 Å². The molecule has 2 saturated heterocycles. The summed E-state index contributed by atoms with van der Waals surface area (Å²) in [5, 5.41) is 1.96. The molecule has 1 amide bonds. The maximum atomic E-state index is 12.5. The Morgan fingerprint density at radius 3 is 2.73 bits per heavy atom. The number of aromatic nitrogens is 2. The number of piperidine rings is 1. The minimum Gasteiger partial charge on any atom is -0.340 e. The zero-order valence-electron chi connectivity index (χ0n) is 12.3. The number of nitrogens with zero attached hydrogens (tertiary/aromatic N) is 4. The average Bonchev–Trinajstić information content (AvgIpc) is 3.23. The number of thiophene rings is 1. The molecule has 6 heteroatoms. The Labute approximate surface area is 133 Å². The Balaban J connectivity index is 1.45. The lowest BCUT2D eigenvalue weighted by Crippen LogP contribution is -2.40. The van der Waals surface area contributed by atoms with Crippen LogP contribution in [0, 0.1) is 11.8 Å². The lowest BCUT2D eigenvalue weighted by molar-refractivity contribution is 0.0789. The number of rotatable bonds is 2. The van der Waals surface area contributed by atoms with Crippen LogP contribution in [0.5, 0.6) is 0 Å². The van der Waals surface area contributed by atoms with E-state index >= 15 is 0 Å². The molecule has 114 valence electrons. The summed E-state index contributed by atoms with van der Waals surface area (Å²) in [6.45, 7) is 3.67. The molecule has 2 atom stereocenters. The fraction of sp³-hybridized carbons (Fsp3) is 0.438. The van der Waals surface area contributed by atoms with Crippen LogP contribution < -0.4 is 4.90 Å². The van der Waals surface area contributed by atoms with Crippen molar-refractivity contribution in [1.29, 1.82) is 0 Å². The molecular weight excluding hydrogens is 296 g/mol. The Bertz CT molecular complexity index is 645. The largest absolute Gasteiger partial charge is 0.340 e. The summed E-state index contributed by atoms with van der Waals surface area (Å²) in [5.74, 6) is 2.14.